The van der Waals surface area contributed by atoms with Crippen molar-refractivity contribution in [3.63, 3.8) is 0 Å². The van der Waals surface area contributed by atoms with E-state index in [4.69, 9.17) is 11.6 Å². The molecule has 126 valence electrons. The zero-order chi connectivity index (χ0) is 18.0. The lowest BCUT2D eigenvalue weighted by atomic mass is 10.2. The predicted molar refractivity (Wildman–Crippen MR) is 75.6 cm³/mol. The van der Waals surface area contributed by atoms with Crippen molar-refractivity contribution in [2.45, 2.75) is 0 Å². The van der Waals surface area contributed by atoms with Crippen LogP contribution < -0.4 is 5.43 Å². The molecule has 24 heavy (non-hydrogen) atoms. The molecule has 0 fully saturated rings. The first-order valence-corrected chi connectivity index (χ1v) is 6.36. The van der Waals surface area contributed by atoms with Crippen molar-refractivity contribution in [2.75, 3.05) is 5.43 Å². The summed E-state index contributed by atoms with van der Waals surface area (Å²) in [7, 11) is 0. The van der Waals surface area contributed by atoms with Gasteiger partial charge in [-0.3, -0.25) is 15.5 Å². The van der Waals surface area contributed by atoms with Crippen molar-refractivity contribution < 1.29 is 26.9 Å². The number of hydrogen-bond donors (Lipinski definition) is 1. The molecule has 2 rings (SSSR count). The molecule has 0 unspecified atom stereocenters. The standard InChI is InChI=1S/C13H5ClF5N3O2/c14-6-2-1-5(3-7(6)22(23)24)4-20-21-13-11(18)9(16)8(15)10(17)12(13)19/h1-4,21H/b20-4-. The van der Waals surface area contributed by atoms with E-state index >= 15 is 0 Å². The number of nitro benzene ring substituents is 1. The largest absolute Gasteiger partial charge is 0.288 e. The highest BCUT2D eigenvalue weighted by Crippen LogP contribution is 2.27. The zero-order valence-corrected chi connectivity index (χ0v) is 12.0. The first-order valence-electron chi connectivity index (χ1n) is 5.98. The van der Waals surface area contributed by atoms with E-state index in [1.54, 1.807) is 5.43 Å². The average molecular weight is 366 g/mol. The number of halogens is 6. The number of hydrogen-bond acceptors (Lipinski definition) is 4. The normalized spacial score (nSPS) is 11.1. The molecular weight excluding hydrogens is 361 g/mol. The minimum Gasteiger partial charge on any atom is -0.272 e. The van der Waals surface area contributed by atoms with Crippen molar-refractivity contribution in [3.05, 3.63) is 68.0 Å². The topological polar surface area (TPSA) is 67.5 Å². The summed E-state index contributed by atoms with van der Waals surface area (Å²) in [5.41, 5.74) is -0.0315. The van der Waals surface area contributed by atoms with Crippen molar-refractivity contribution >= 4 is 29.2 Å². The molecule has 0 amide bonds. The van der Waals surface area contributed by atoms with Crippen molar-refractivity contribution in [2.24, 2.45) is 5.10 Å². The minimum atomic E-state index is -2.30. The van der Waals surface area contributed by atoms with E-state index in [0.717, 1.165) is 12.3 Å². The van der Waals surface area contributed by atoms with Gasteiger partial charge >= 0.3 is 0 Å². The first-order chi connectivity index (χ1) is 11.2. The number of benzene rings is 2. The number of hydrazone groups is 1. The van der Waals surface area contributed by atoms with Gasteiger partial charge in [-0.1, -0.05) is 17.7 Å². The van der Waals surface area contributed by atoms with E-state index in [-0.39, 0.29) is 10.6 Å². The van der Waals surface area contributed by atoms with Gasteiger partial charge < -0.3 is 0 Å². The fraction of sp³-hybridized carbons (Fsp3) is 0. The summed E-state index contributed by atoms with van der Waals surface area (Å²) >= 11 is 5.59. The van der Waals surface area contributed by atoms with Crippen LogP contribution in [0, 0.1) is 39.2 Å². The molecule has 1 N–H and O–H groups in total. The van der Waals surface area contributed by atoms with E-state index in [0.29, 0.717) is 0 Å². The third-order valence-corrected chi connectivity index (χ3v) is 3.09. The smallest absolute Gasteiger partial charge is 0.272 e. The molecule has 0 aliphatic heterocycles. The Morgan fingerprint density at radius 3 is 2.12 bits per heavy atom. The van der Waals surface area contributed by atoms with Crippen LogP contribution in [0.2, 0.25) is 5.02 Å². The van der Waals surface area contributed by atoms with Crippen LogP contribution in [0.5, 0.6) is 0 Å². The van der Waals surface area contributed by atoms with E-state index in [1.165, 1.54) is 12.1 Å². The van der Waals surface area contributed by atoms with Gasteiger partial charge in [0, 0.05) is 11.6 Å². The maximum atomic E-state index is 13.4. The van der Waals surface area contributed by atoms with Gasteiger partial charge in [-0.2, -0.15) is 5.10 Å². The van der Waals surface area contributed by atoms with Gasteiger partial charge in [0.25, 0.3) is 5.69 Å². The van der Waals surface area contributed by atoms with E-state index in [2.05, 4.69) is 5.10 Å². The van der Waals surface area contributed by atoms with Gasteiger partial charge in [0.2, 0.25) is 5.82 Å². The third kappa shape index (κ3) is 3.27. The zero-order valence-electron chi connectivity index (χ0n) is 11.3. The molecule has 0 atom stereocenters. The SMILES string of the molecule is O=[N+]([O-])c1cc(/C=N\Nc2c(F)c(F)c(F)c(F)c2F)ccc1Cl. The quantitative estimate of drug-likeness (QED) is 0.218. The molecular formula is C13H5ClF5N3O2. The molecule has 2 aromatic rings. The molecule has 0 spiro atoms. The van der Waals surface area contributed by atoms with Crippen LogP contribution in [0.3, 0.4) is 0 Å². The lowest BCUT2D eigenvalue weighted by Crippen LogP contribution is -2.06. The first kappa shape index (κ1) is 17.6. The van der Waals surface area contributed by atoms with Gasteiger partial charge in [-0.05, 0) is 6.07 Å². The molecule has 2 aromatic carbocycles. The molecule has 0 radical (unpaired) electrons. The van der Waals surface area contributed by atoms with Gasteiger partial charge in [-0.15, -0.1) is 0 Å². The molecule has 5 nitrogen and oxygen atoms in total. The Labute approximate surface area is 135 Å². The minimum absolute atomic E-state index is 0.0995. The molecule has 0 aliphatic rings. The Bertz CT molecular complexity index is 831. The summed E-state index contributed by atoms with van der Waals surface area (Å²) < 4.78 is 65.6. The summed E-state index contributed by atoms with van der Waals surface area (Å²) in [6.45, 7) is 0. The summed E-state index contributed by atoms with van der Waals surface area (Å²) in [4.78, 5) is 9.94. The summed E-state index contributed by atoms with van der Waals surface area (Å²) in [6.07, 6.45) is 0.876. The van der Waals surface area contributed by atoms with Crippen LogP contribution in [0.1, 0.15) is 5.56 Å². The number of rotatable bonds is 4. The Morgan fingerprint density at radius 1 is 1.04 bits per heavy atom. The van der Waals surface area contributed by atoms with Gasteiger partial charge in [0.05, 0.1) is 11.1 Å². The van der Waals surface area contributed by atoms with Crippen LogP contribution in [0.25, 0.3) is 0 Å². The monoisotopic (exact) mass is 365 g/mol. The van der Waals surface area contributed by atoms with Crippen molar-refractivity contribution in [3.8, 4) is 0 Å². The Balaban J connectivity index is 2.31. The highest BCUT2D eigenvalue weighted by molar-refractivity contribution is 6.32. The van der Waals surface area contributed by atoms with Crippen molar-refractivity contribution in [1.82, 2.24) is 0 Å². The van der Waals surface area contributed by atoms with Crippen LogP contribution in [-0.4, -0.2) is 11.1 Å². The number of anilines is 1. The van der Waals surface area contributed by atoms with Crippen LogP contribution in [-0.2, 0) is 0 Å². The maximum absolute atomic E-state index is 13.4. The molecule has 0 heterocycles. The second-order valence-electron chi connectivity index (χ2n) is 4.28. The highest BCUT2D eigenvalue weighted by Gasteiger charge is 2.25. The summed E-state index contributed by atoms with van der Waals surface area (Å²) in [5, 5.41) is 13.9. The van der Waals surface area contributed by atoms with E-state index in [1.807, 2.05) is 0 Å². The number of nitrogens with zero attached hydrogens (tertiary/aromatic N) is 2. The predicted octanol–water partition coefficient (Wildman–Crippen LogP) is 4.39. The maximum Gasteiger partial charge on any atom is 0.288 e. The fourth-order valence-electron chi connectivity index (χ4n) is 1.62. The van der Waals surface area contributed by atoms with Crippen LogP contribution >= 0.6 is 11.6 Å². The Hall–Kier alpha value is -2.75. The fourth-order valence-corrected chi connectivity index (χ4v) is 1.81. The lowest BCUT2D eigenvalue weighted by Gasteiger charge is -2.06. The lowest BCUT2D eigenvalue weighted by molar-refractivity contribution is -0.384. The van der Waals surface area contributed by atoms with Gasteiger partial charge in [0.1, 0.15) is 10.7 Å². The van der Waals surface area contributed by atoms with Crippen LogP contribution in [0.4, 0.5) is 33.3 Å². The molecule has 0 saturated heterocycles. The van der Waals surface area contributed by atoms with Crippen LogP contribution in [0.15, 0.2) is 23.3 Å². The molecule has 0 aliphatic carbocycles. The van der Waals surface area contributed by atoms with E-state index < -0.39 is 45.4 Å². The van der Waals surface area contributed by atoms with Crippen molar-refractivity contribution in [1.29, 1.82) is 0 Å². The number of nitro groups is 1. The average Bonchev–Trinajstić information content (AvgIpc) is 2.55. The van der Waals surface area contributed by atoms with E-state index in [9.17, 15) is 32.1 Å². The van der Waals surface area contributed by atoms with Gasteiger partial charge in [-0.25, -0.2) is 22.0 Å². The molecule has 0 aromatic heterocycles. The third-order valence-electron chi connectivity index (χ3n) is 2.77. The highest BCUT2D eigenvalue weighted by atomic mass is 35.5. The number of nitrogens with one attached hydrogen (secondary N) is 1. The summed E-state index contributed by atoms with van der Waals surface area (Å²) in [5.74, 6) is -10.7. The molecule has 0 saturated carbocycles. The Morgan fingerprint density at radius 2 is 1.58 bits per heavy atom. The second kappa shape index (κ2) is 6.79. The summed E-state index contributed by atoms with van der Waals surface area (Å²) in [6, 6.07) is 3.48. The second-order valence-corrected chi connectivity index (χ2v) is 4.69. The molecule has 0 bridgehead atoms. The van der Waals surface area contributed by atoms with Gasteiger partial charge in [0.15, 0.2) is 23.3 Å². The Kier molecular flexibility index (Phi) is 4.98. The molecule has 11 heteroatoms.